The minimum absolute atomic E-state index is 0.00266. The second-order valence-corrected chi connectivity index (χ2v) is 10.8. The molecule has 1 heterocycles. The lowest BCUT2D eigenvalue weighted by molar-refractivity contribution is 0.415. The zero-order valence-electron chi connectivity index (χ0n) is 16.9. The molecule has 0 spiro atoms. The van der Waals surface area contributed by atoms with Crippen molar-refractivity contribution in [2.75, 3.05) is 24.9 Å². The molecule has 2 aromatic carbocycles. The van der Waals surface area contributed by atoms with Gasteiger partial charge in [0.1, 0.15) is 11.6 Å². The SMILES string of the molecule is COc1ccc(S(=O)(=O)N2CCCCCC2)cc1NS(=O)(=O)c1ccc(F)cc1C. The molecule has 0 saturated carbocycles. The first-order chi connectivity index (χ1) is 14.1. The molecule has 1 fully saturated rings. The lowest BCUT2D eigenvalue weighted by Gasteiger charge is -2.21. The molecule has 164 valence electrons. The molecule has 3 rings (SSSR count). The van der Waals surface area contributed by atoms with Crippen LogP contribution >= 0.6 is 0 Å². The van der Waals surface area contributed by atoms with E-state index in [4.69, 9.17) is 4.74 Å². The minimum Gasteiger partial charge on any atom is -0.495 e. The average molecular weight is 457 g/mol. The third-order valence-corrected chi connectivity index (χ3v) is 8.46. The van der Waals surface area contributed by atoms with Gasteiger partial charge in [0.25, 0.3) is 10.0 Å². The Balaban J connectivity index is 1.98. The van der Waals surface area contributed by atoms with E-state index in [1.165, 1.54) is 36.5 Å². The van der Waals surface area contributed by atoms with Crippen molar-refractivity contribution in [3.8, 4) is 5.75 Å². The van der Waals surface area contributed by atoms with Gasteiger partial charge in [0.15, 0.2) is 0 Å². The highest BCUT2D eigenvalue weighted by molar-refractivity contribution is 7.92. The summed E-state index contributed by atoms with van der Waals surface area (Å²) in [5.41, 5.74) is 0.229. The fraction of sp³-hybridized carbons (Fsp3) is 0.400. The highest BCUT2D eigenvalue weighted by Crippen LogP contribution is 2.32. The molecule has 0 atom stereocenters. The molecule has 0 unspecified atom stereocenters. The Kier molecular flexibility index (Phi) is 6.68. The molecule has 0 amide bonds. The van der Waals surface area contributed by atoms with Crippen LogP contribution in [-0.4, -0.2) is 41.3 Å². The van der Waals surface area contributed by atoms with E-state index in [0.29, 0.717) is 13.1 Å². The maximum absolute atomic E-state index is 13.4. The number of hydrogen-bond acceptors (Lipinski definition) is 5. The summed E-state index contributed by atoms with van der Waals surface area (Å²) in [7, 11) is -6.50. The van der Waals surface area contributed by atoms with Crippen LogP contribution in [0.15, 0.2) is 46.2 Å². The number of nitrogens with one attached hydrogen (secondary N) is 1. The van der Waals surface area contributed by atoms with Crippen LogP contribution in [0.3, 0.4) is 0 Å². The number of benzene rings is 2. The van der Waals surface area contributed by atoms with Crippen molar-refractivity contribution < 1.29 is 26.0 Å². The molecule has 7 nitrogen and oxygen atoms in total. The van der Waals surface area contributed by atoms with E-state index in [-0.39, 0.29) is 26.8 Å². The number of ether oxygens (including phenoxy) is 1. The van der Waals surface area contributed by atoms with Gasteiger partial charge in [0.05, 0.1) is 22.6 Å². The summed E-state index contributed by atoms with van der Waals surface area (Å²) in [6, 6.07) is 7.41. The summed E-state index contributed by atoms with van der Waals surface area (Å²) in [6.07, 6.45) is 3.55. The number of rotatable bonds is 6. The molecule has 0 aliphatic carbocycles. The normalized spacial score (nSPS) is 16.1. The lowest BCUT2D eigenvalue weighted by Crippen LogP contribution is -2.32. The van der Waals surface area contributed by atoms with Crippen LogP contribution in [0.5, 0.6) is 5.75 Å². The molecular formula is C20H25FN2O5S2. The van der Waals surface area contributed by atoms with Crippen molar-refractivity contribution in [3.63, 3.8) is 0 Å². The zero-order valence-corrected chi connectivity index (χ0v) is 18.5. The lowest BCUT2D eigenvalue weighted by atomic mass is 10.2. The Hall–Kier alpha value is -2.17. The third kappa shape index (κ3) is 4.76. The number of anilines is 1. The number of methoxy groups -OCH3 is 1. The van der Waals surface area contributed by atoms with Crippen LogP contribution in [-0.2, 0) is 20.0 Å². The van der Waals surface area contributed by atoms with Crippen LogP contribution in [0.4, 0.5) is 10.1 Å². The minimum atomic E-state index is -4.09. The van der Waals surface area contributed by atoms with Crippen LogP contribution < -0.4 is 9.46 Å². The van der Waals surface area contributed by atoms with Crippen molar-refractivity contribution in [3.05, 3.63) is 47.8 Å². The molecule has 1 N–H and O–H groups in total. The van der Waals surface area contributed by atoms with Crippen molar-refractivity contribution in [1.29, 1.82) is 0 Å². The predicted octanol–water partition coefficient (Wildman–Crippen LogP) is 3.51. The van der Waals surface area contributed by atoms with E-state index in [9.17, 15) is 21.2 Å². The quantitative estimate of drug-likeness (QED) is 0.718. The van der Waals surface area contributed by atoms with Crippen LogP contribution in [0.2, 0.25) is 0 Å². The summed E-state index contributed by atoms with van der Waals surface area (Å²) >= 11 is 0. The highest BCUT2D eigenvalue weighted by Gasteiger charge is 2.27. The van der Waals surface area contributed by atoms with Crippen LogP contribution in [0.25, 0.3) is 0 Å². The Bertz CT molecular complexity index is 1130. The largest absolute Gasteiger partial charge is 0.495 e. The van der Waals surface area contributed by atoms with E-state index >= 15 is 0 Å². The van der Waals surface area contributed by atoms with Gasteiger partial charge in [-0.25, -0.2) is 21.2 Å². The van der Waals surface area contributed by atoms with Gasteiger partial charge in [-0.3, -0.25) is 4.72 Å². The topological polar surface area (TPSA) is 92.8 Å². The predicted molar refractivity (Wildman–Crippen MR) is 112 cm³/mol. The van der Waals surface area contributed by atoms with Gasteiger partial charge < -0.3 is 4.74 Å². The Morgan fingerprint density at radius 1 is 0.967 bits per heavy atom. The van der Waals surface area contributed by atoms with Crippen molar-refractivity contribution in [1.82, 2.24) is 4.31 Å². The molecule has 30 heavy (non-hydrogen) atoms. The number of aryl methyl sites for hydroxylation is 1. The molecule has 0 aromatic heterocycles. The zero-order chi connectivity index (χ0) is 21.9. The van der Waals surface area contributed by atoms with E-state index in [0.717, 1.165) is 43.9 Å². The van der Waals surface area contributed by atoms with Gasteiger partial charge in [-0.2, -0.15) is 4.31 Å². The Morgan fingerprint density at radius 3 is 2.23 bits per heavy atom. The standard InChI is InChI=1S/C20H25FN2O5S2/c1-15-13-16(21)7-10-20(15)29(24,25)22-18-14-17(8-9-19(18)28-2)30(26,27)23-11-5-3-4-6-12-23/h7-10,13-14,22H,3-6,11-12H2,1-2H3. The number of halogens is 1. The molecule has 1 saturated heterocycles. The van der Waals surface area contributed by atoms with Gasteiger partial charge in [0, 0.05) is 13.1 Å². The van der Waals surface area contributed by atoms with E-state index in [1.54, 1.807) is 0 Å². The van der Waals surface area contributed by atoms with Crippen molar-refractivity contribution >= 4 is 25.7 Å². The van der Waals surface area contributed by atoms with Gasteiger partial charge in [-0.05, 0) is 61.7 Å². The summed E-state index contributed by atoms with van der Waals surface area (Å²) in [5.74, 6) is -0.372. The van der Waals surface area contributed by atoms with Crippen molar-refractivity contribution in [2.24, 2.45) is 0 Å². The van der Waals surface area contributed by atoms with E-state index < -0.39 is 25.9 Å². The first-order valence-electron chi connectivity index (χ1n) is 9.62. The first kappa shape index (κ1) is 22.5. The number of hydrogen-bond donors (Lipinski definition) is 1. The monoisotopic (exact) mass is 456 g/mol. The van der Waals surface area contributed by atoms with E-state index in [1.807, 2.05) is 0 Å². The third-order valence-electron chi connectivity index (χ3n) is 5.04. The summed E-state index contributed by atoms with van der Waals surface area (Å²) in [6.45, 7) is 2.35. The van der Waals surface area contributed by atoms with Crippen LogP contribution in [0, 0.1) is 12.7 Å². The van der Waals surface area contributed by atoms with Gasteiger partial charge >= 0.3 is 0 Å². The smallest absolute Gasteiger partial charge is 0.262 e. The Morgan fingerprint density at radius 2 is 1.63 bits per heavy atom. The molecule has 0 bridgehead atoms. The molecule has 10 heteroatoms. The summed E-state index contributed by atoms with van der Waals surface area (Å²) < 4.78 is 74.3. The van der Waals surface area contributed by atoms with Gasteiger partial charge in [-0.15, -0.1) is 0 Å². The highest BCUT2D eigenvalue weighted by atomic mass is 32.2. The van der Waals surface area contributed by atoms with E-state index in [2.05, 4.69) is 4.72 Å². The van der Waals surface area contributed by atoms with Crippen molar-refractivity contribution in [2.45, 2.75) is 42.4 Å². The maximum atomic E-state index is 13.4. The van der Waals surface area contributed by atoms with Gasteiger partial charge in [0.2, 0.25) is 10.0 Å². The molecule has 1 aliphatic heterocycles. The van der Waals surface area contributed by atoms with Gasteiger partial charge in [-0.1, -0.05) is 12.8 Å². The number of nitrogens with zero attached hydrogens (tertiary/aromatic N) is 1. The molecular weight excluding hydrogens is 431 g/mol. The summed E-state index contributed by atoms with van der Waals surface area (Å²) in [5, 5.41) is 0. The second-order valence-electron chi connectivity index (χ2n) is 7.20. The summed E-state index contributed by atoms with van der Waals surface area (Å²) in [4.78, 5) is -0.120. The van der Waals surface area contributed by atoms with Crippen LogP contribution in [0.1, 0.15) is 31.2 Å². The molecule has 0 radical (unpaired) electrons. The fourth-order valence-corrected chi connectivity index (χ4v) is 6.31. The Labute approximate surface area is 177 Å². The fourth-order valence-electron chi connectivity index (χ4n) is 3.47. The first-order valence-corrected chi connectivity index (χ1v) is 12.5. The second kappa shape index (κ2) is 8.91. The molecule has 1 aliphatic rings. The maximum Gasteiger partial charge on any atom is 0.262 e. The average Bonchev–Trinajstić information content (AvgIpc) is 2.97. The number of sulfonamides is 2. The molecule has 2 aromatic rings.